The molecule has 96 valence electrons. The van der Waals surface area contributed by atoms with Crippen LogP contribution in [-0.2, 0) is 10.4 Å². The Hall–Kier alpha value is -1.91. The third-order valence-electron chi connectivity index (χ3n) is 3.33. The summed E-state index contributed by atoms with van der Waals surface area (Å²) in [7, 11) is 0. The minimum Gasteiger partial charge on any atom is -0.547 e. The van der Waals surface area contributed by atoms with E-state index in [-0.39, 0.29) is 0 Å². The van der Waals surface area contributed by atoms with E-state index in [1.165, 1.54) is 18.3 Å². The summed E-state index contributed by atoms with van der Waals surface area (Å²) >= 11 is 1.48. The molecule has 1 atom stereocenters. The average Bonchev–Trinajstić information content (AvgIpc) is 2.76. The zero-order valence-electron chi connectivity index (χ0n) is 10.2. The van der Waals surface area contributed by atoms with Gasteiger partial charge in [-0.1, -0.05) is 36.4 Å². The van der Waals surface area contributed by atoms with E-state index in [9.17, 15) is 15.0 Å². The van der Waals surface area contributed by atoms with Gasteiger partial charge >= 0.3 is 0 Å². The molecule has 0 spiro atoms. The summed E-state index contributed by atoms with van der Waals surface area (Å²) in [6.45, 7) is 1.25. The normalized spacial score (nSPS) is 14.6. The van der Waals surface area contributed by atoms with E-state index in [4.69, 9.17) is 0 Å². The molecule has 3 rings (SSSR count). The maximum atomic E-state index is 11.1. The summed E-state index contributed by atoms with van der Waals surface area (Å²) in [5, 5.41) is 23.3. The number of carboxylic acid groups (broad SMARTS) is 1. The summed E-state index contributed by atoms with van der Waals surface area (Å²) in [6, 6.07) is 13.2. The van der Waals surface area contributed by atoms with Crippen molar-refractivity contribution in [1.82, 2.24) is 0 Å². The molecule has 0 amide bonds. The van der Waals surface area contributed by atoms with E-state index in [2.05, 4.69) is 0 Å². The number of aliphatic carboxylic acids is 1. The van der Waals surface area contributed by atoms with Crippen molar-refractivity contribution in [1.29, 1.82) is 0 Å². The molecule has 0 bridgehead atoms. The first kappa shape index (κ1) is 12.1. The monoisotopic (exact) mass is 271 g/mol. The molecule has 1 aromatic heterocycles. The second-order valence-corrected chi connectivity index (χ2v) is 5.69. The third-order valence-corrected chi connectivity index (χ3v) is 4.55. The molecule has 2 aromatic carbocycles. The number of carboxylic acids is 1. The molecule has 0 saturated heterocycles. The van der Waals surface area contributed by atoms with E-state index in [0.717, 1.165) is 20.2 Å². The Labute approximate surface area is 113 Å². The van der Waals surface area contributed by atoms with Crippen molar-refractivity contribution < 1.29 is 15.0 Å². The van der Waals surface area contributed by atoms with Gasteiger partial charge in [0.05, 0.1) is 5.97 Å². The second-order valence-electron chi connectivity index (χ2n) is 4.64. The number of hydrogen-bond donors (Lipinski definition) is 1. The fourth-order valence-corrected chi connectivity index (χ4v) is 3.56. The van der Waals surface area contributed by atoms with Crippen molar-refractivity contribution >= 4 is 37.5 Å². The van der Waals surface area contributed by atoms with Crippen LogP contribution in [-0.4, -0.2) is 11.1 Å². The van der Waals surface area contributed by atoms with Gasteiger partial charge in [-0.05, 0) is 13.0 Å². The highest BCUT2D eigenvalue weighted by atomic mass is 32.1. The summed E-state index contributed by atoms with van der Waals surface area (Å²) < 4.78 is 1.86. The Bertz CT molecular complexity index is 786. The first-order chi connectivity index (χ1) is 9.01. The summed E-state index contributed by atoms with van der Waals surface area (Å²) in [5.74, 6) is -1.49. The van der Waals surface area contributed by atoms with Crippen LogP contribution in [0.3, 0.4) is 0 Å². The number of thiophene rings is 1. The van der Waals surface area contributed by atoms with Crippen LogP contribution in [0.15, 0.2) is 42.5 Å². The van der Waals surface area contributed by atoms with Crippen molar-refractivity contribution in [2.75, 3.05) is 0 Å². The maximum Gasteiger partial charge on any atom is 0.127 e. The Morgan fingerprint density at radius 1 is 1.16 bits per heavy atom. The van der Waals surface area contributed by atoms with Gasteiger partial charge in [-0.3, -0.25) is 0 Å². The fourth-order valence-electron chi connectivity index (χ4n) is 2.24. The number of aliphatic hydroxyl groups is 1. The van der Waals surface area contributed by atoms with Crippen molar-refractivity contribution in [2.24, 2.45) is 0 Å². The van der Waals surface area contributed by atoms with Crippen LogP contribution in [0.2, 0.25) is 0 Å². The lowest BCUT2D eigenvalue weighted by Crippen LogP contribution is -2.43. The van der Waals surface area contributed by atoms with Crippen LogP contribution in [0.4, 0.5) is 0 Å². The molecule has 1 heterocycles. The zero-order valence-corrected chi connectivity index (χ0v) is 11.0. The number of benzene rings is 2. The van der Waals surface area contributed by atoms with E-state index in [1.54, 1.807) is 12.1 Å². The largest absolute Gasteiger partial charge is 0.547 e. The SMILES string of the molecule is C[C@](O)(C(=O)[O-])c1cccc2c1sc1ccccc12. The summed E-state index contributed by atoms with van der Waals surface area (Å²) in [5.41, 5.74) is -1.60. The lowest BCUT2D eigenvalue weighted by Gasteiger charge is -2.25. The molecule has 0 aliphatic heterocycles. The summed E-state index contributed by atoms with van der Waals surface area (Å²) in [6.07, 6.45) is 0. The molecule has 3 aromatic rings. The lowest BCUT2D eigenvalue weighted by atomic mass is 9.94. The Morgan fingerprint density at radius 3 is 2.58 bits per heavy atom. The van der Waals surface area contributed by atoms with Gasteiger partial charge in [0.1, 0.15) is 5.60 Å². The van der Waals surface area contributed by atoms with Gasteiger partial charge in [-0.2, -0.15) is 0 Å². The van der Waals surface area contributed by atoms with E-state index in [1.807, 2.05) is 30.3 Å². The Kier molecular flexibility index (Phi) is 2.59. The van der Waals surface area contributed by atoms with E-state index in [0.29, 0.717) is 5.56 Å². The highest BCUT2D eigenvalue weighted by Gasteiger charge is 2.27. The number of fused-ring (bicyclic) bond motifs is 3. The van der Waals surface area contributed by atoms with Crippen LogP contribution >= 0.6 is 11.3 Å². The topological polar surface area (TPSA) is 60.4 Å². The van der Waals surface area contributed by atoms with Crippen LogP contribution < -0.4 is 5.11 Å². The first-order valence-corrected chi connectivity index (χ1v) is 6.68. The van der Waals surface area contributed by atoms with E-state index < -0.39 is 11.6 Å². The van der Waals surface area contributed by atoms with Gasteiger partial charge in [-0.25, -0.2) is 0 Å². The molecular weight excluding hydrogens is 260 g/mol. The second kappa shape index (κ2) is 4.05. The van der Waals surface area contributed by atoms with Gasteiger partial charge in [0.15, 0.2) is 0 Å². The molecule has 3 nitrogen and oxygen atoms in total. The molecule has 0 saturated carbocycles. The molecule has 0 aliphatic carbocycles. The minimum absolute atomic E-state index is 0.381. The molecule has 1 N–H and O–H groups in total. The molecular formula is C15H11O3S-. The highest BCUT2D eigenvalue weighted by Crippen LogP contribution is 2.39. The van der Waals surface area contributed by atoms with Crippen molar-refractivity contribution in [3.05, 3.63) is 48.0 Å². The summed E-state index contributed by atoms with van der Waals surface area (Å²) in [4.78, 5) is 11.1. The fraction of sp³-hybridized carbons (Fsp3) is 0.133. The van der Waals surface area contributed by atoms with Crippen LogP contribution in [0, 0.1) is 0 Å². The predicted molar refractivity (Wildman–Crippen MR) is 73.9 cm³/mol. The standard InChI is InChI=1S/C15H12O3S/c1-15(18,14(16)17)11-7-4-6-10-9-5-2-3-8-12(9)19-13(10)11/h2-8,18H,1H3,(H,16,17)/p-1/t15-/m1/s1. The first-order valence-electron chi connectivity index (χ1n) is 5.86. The van der Waals surface area contributed by atoms with Gasteiger partial charge in [0.25, 0.3) is 0 Å². The molecule has 0 fully saturated rings. The molecule has 0 unspecified atom stereocenters. The number of hydrogen-bond acceptors (Lipinski definition) is 4. The number of carbonyl (C=O) groups is 1. The van der Waals surface area contributed by atoms with Gasteiger partial charge < -0.3 is 15.0 Å². The van der Waals surface area contributed by atoms with Crippen molar-refractivity contribution in [2.45, 2.75) is 12.5 Å². The van der Waals surface area contributed by atoms with Gasteiger partial charge in [0.2, 0.25) is 0 Å². The zero-order chi connectivity index (χ0) is 13.6. The molecule has 0 radical (unpaired) electrons. The number of carbonyl (C=O) groups excluding carboxylic acids is 1. The van der Waals surface area contributed by atoms with Crippen LogP contribution in [0.5, 0.6) is 0 Å². The average molecular weight is 271 g/mol. The van der Waals surface area contributed by atoms with Crippen LogP contribution in [0.1, 0.15) is 12.5 Å². The predicted octanol–water partition coefficient (Wildman–Crippen LogP) is 2.01. The Balaban J connectivity index is 2.42. The van der Waals surface area contributed by atoms with Crippen molar-refractivity contribution in [3.63, 3.8) is 0 Å². The molecule has 19 heavy (non-hydrogen) atoms. The van der Waals surface area contributed by atoms with Gasteiger partial charge in [-0.15, -0.1) is 11.3 Å². The van der Waals surface area contributed by atoms with Crippen LogP contribution in [0.25, 0.3) is 20.2 Å². The van der Waals surface area contributed by atoms with Gasteiger partial charge in [0, 0.05) is 25.7 Å². The third kappa shape index (κ3) is 1.72. The lowest BCUT2D eigenvalue weighted by molar-refractivity contribution is -0.324. The highest BCUT2D eigenvalue weighted by molar-refractivity contribution is 7.26. The number of rotatable bonds is 2. The smallest absolute Gasteiger partial charge is 0.127 e. The Morgan fingerprint density at radius 2 is 1.84 bits per heavy atom. The molecule has 4 heteroatoms. The maximum absolute atomic E-state index is 11.1. The van der Waals surface area contributed by atoms with Crippen molar-refractivity contribution in [3.8, 4) is 0 Å². The quantitative estimate of drug-likeness (QED) is 0.775. The van der Waals surface area contributed by atoms with E-state index >= 15 is 0 Å². The minimum atomic E-state index is -1.99. The molecule has 0 aliphatic rings.